The maximum absolute atomic E-state index is 13.3. The predicted molar refractivity (Wildman–Crippen MR) is 125 cm³/mol. The monoisotopic (exact) mass is 497 g/mol. The zero-order valence-electron chi connectivity index (χ0n) is 19.1. The van der Waals surface area contributed by atoms with Crippen LogP contribution in [0.3, 0.4) is 0 Å². The van der Waals surface area contributed by atoms with E-state index in [1.165, 1.54) is 30.3 Å². The lowest BCUT2D eigenvalue weighted by Crippen LogP contribution is -2.42. The summed E-state index contributed by atoms with van der Waals surface area (Å²) in [6, 6.07) is 11.3. The van der Waals surface area contributed by atoms with Crippen LogP contribution in [0, 0.1) is 5.92 Å². The number of halogens is 3. The molecular formula is C24H30F3N3O3S. The molecule has 0 aromatic heterocycles. The number of nitrogens with one attached hydrogen (secondary N) is 1. The molecule has 186 valence electrons. The van der Waals surface area contributed by atoms with Crippen molar-refractivity contribution in [1.29, 1.82) is 0 Å². The number of nitrogens with zero attached hydrogens (tertiary/aromatic N) is 2. The zero-order valence-corrected chi connectivity index (χ0v) is 19.9. The van der Waals surface area contributed by atoms with Gasteiger partial charge in [0.05, 0.1) is 16.1 Å². The quantitative estimate of drug-likeness (QED) is 0.529. The summed E-state index contributed by atoms with van der Waals surface area (Å²) >= 11 is 0. The molecule has 6 nitrogen and oxygen atoms in total. The molecule has 0 bridgehead atoms. The lowest BCUT2D eigenvalue weighted by molar-refractivity contribution is -0.137. The number of alkyl halides is 3. The van der Waals surface area contributed by atoms with Gasteiger partial charge in [-0.15, -0.1) is 0 Å². The zero-order chi connectivity index (χ0) is 24.8. The molecule has 0 spiro atoms. The summed E-state index contributed by atoms with van der Waals surface area (Å²) in [7, 11) is -4.27. The van der Waals surface area contributed by atoms with Crippen molar-refractivity contribution in [2.24, 2.45) is 5.92 Å². The van der Waals surface area contributed by atoms with Gasteiger partial charge >= 0.3 is 6.18 Å². The van der Waals surface area contributed by atoms with E-state index in [4.69, 9.17) is 0 Å². The van der Waals surface area contributed by atoms with E-state index in [9.17, 15) is 26.4 Å². The molecule has 1 amide bonds. The molecule has 1 aliphatic heterocycles. The summed E-state index contributed by atoms with van der Waals surface area (Å²) in [5.41, 5.74) is -1.22. The Kier molecular flexibility index (Phi) is 8.59. The maximum Gasteiger partial charge on any atom is 0.416 e. The second-order valence-electron chi connectivity index (χ2n) is 8.60. The first-order chi connectivity index (χ1) is 16.1. The van der Waals surface area contributed by atoms with E-state index < -0.39 is 34.2 Å². The summed E-state index contributed by atoms with van der Waals surface area (Å²) in [5, 5.41) is 2.71. The number of amides is 1. The molecule has 0 atom stereocenters. The minimum Gasteiger partial charge on any atom is -0.354 e. The van der Waals surface area contributed by atoms with Crippen molar-refractivity contribution in [3.8, 4) is 0 Å². The lowest BCUT2D eigenvalue weighted by Gasteiger charge is -2.30. The van der Waals surface area contributed by atoms with Crippen LogP contribution in [0.5, 0.6) is 0 Å². The summed E-state index contributed by atoms with van der Waals surface area (Å²) in [6.07, 6.45) is -1.65. The Hall–Kier alpha value is -2.59. The molecule has 0 radical (unpaired) electrons. The summed E-state index contributed by atoms with van der Waals surface area (Å²) in [5.74, 6) is 0.147. The highest BCUT2D eigenvalue weighted by atomic mass is 32.2. The van der Waals surface area contributed by atoms with Crippen LogP contribution in [-0.4, -0.2) is 51.9 Å². The van der Waals surface area contributed by atoms with Crippen LogP contribution >= 0.6 is 0 Å². The molecule has 34 heavy (non-hydrogen) atoms. The van der Waals surface area contributed by atoms with E-state index in [0.29, 0.717) is 13.0 Å². The summed E-state index contributed by atoms with van der Waals surface area (Å²) in [4.78, 5) is 14.9. The van der Waals surface area contributed by atoms with Crippen molar-refractivity contribution in [2.75, 3.05) is 37.0 Å². The Bertz CT molecular complexity index is 1050. The summed E-state index contributed by atoms with van der Waals surface area (Å²) in [6.45, 7) is 4.83. The number of benzene rings is 2. The van der Waals surface area contributed by atoms with Crippen LogP contribution in [0.25, 0.3) is 0 Å². The van der Waals surface area contributed by atoms with Gasteiger partial charge in [0.1, 0.15) is 6.54 Å². The molecule has 10 heteroatoms. The van der Waals surface area contributed by atoms with E-state index in [0.717, 1.165) is 60.9 Å². The standard InChI is InChI=1S/C24H30F3N3O3S/c1-19-11-15-29(16-12-19)14-6-13-28-23(31)18-30(34(32,33)22-9-3-2-4-10-22)21-8-5-7-20(17-21)24(25,26)27/h2-5,7-10,17,19H,6,11-16,18H2,1H3,(H,28,31). The third kappa shape index (κ3) is 6.96. The van der Waals surface area contributed by atoms with E-state index >= 15 is 0 Å². The van der Waals surface area contributed by atoms with Crippen molar-refractivity contribution in [1.82, 2.24) is 10.2 Å². The lowest BCUT2D eigenvalue weighted by atomic mass is 9.99. The average Bonchev–Trinajstić information content (AvgIpc) is 2.81. The molecule has 0 saturated carbocycles. The van der Waals surface area contributed by atoms with Crippen molar-refractivity contribution in [3.05, 3.63) is 60.2 Å². The fourth-order valence-corrected chi connectivity index (χ4v) is 5.31. The molecular weight excluding hydrogens is 467 g/mol. The number of likely N-dealkylation sites (tertiary alicyclic amines) is 1. The van der Waals surface area contributed by atoms with Gasteiger partial charge < -0.3 is 10.2 Å². The van der Waals surface area contributed by atoms with E-state index in [1.807, 2.05) is 0 Å². The first-order valence-corrected chi connectivity index (χ1v) is 12.8. The van der Waals surface area contributed by atoms with Crippen molar-refractivity contribution < 1.29 is 26.4 Å². The Morgan fingerprint density at radius 2 is 1.76 bits per heavy atom. The number of anilines is 1. The van der Waals surface area contributed by atoms with Crippen LogP contribution in [0.15, 0.2) is 59.5 Å². The van der Waals surface area contributed by atoms with Gasteiger partial charge in [-0.05, 0) is 75.1 Å². The molecule has 1 fully saturated rings. The van der Waals surface area contributed by atoms with Gasteiger partial charge in [-0.2, -0.15) is 13.2 Å². The van der Waals surface area contributed by atoms with Gasteiger partial charge in [0.25, 0.3) is 10.0 Å². The topological polar surface area (TPSA) is 69.7 Å². The highest BCUT2D eigenvalue weighted by Gasteiger charge is 2.33. The van der Waals surface area contributed by atoms with Crippen LogP contribution in [0.2, 0.25) is 0 Å². The Morgan fingerprint density at radius 3 is 2.41 bits per heavy atom. The van der Waals surface area contributed by atoms with E-state index in [2.05, 4.69) is 17.1 Å². The number of carbonyl (C=O) groups excluding carboxylic acids is 1. The third-order valence-corrected chi connectivity index (χ3v) is 7.72. The Labute approximate surface area is 198 Å². The van der Waals surface area contributed by atoms with E-state index in [-0.39, 0.29) is 10.6 Å². The Morgan fingerprint density at radius 1 is 1.09 bits per heavy atom. The number of rotatable bonds is 9. The largest absolute Gasteiger partial charge is 0.416 e. The summed E-state index contributed by atoms with van der Waals surface area (Å²) < 4.78 is 66.9. The van der Waals surface area contributed by atoms with Crippen molar-refractivity contribution >= 4 is 21.6 Å². The molecule has 2 aromatic carbocycles. The second kappa shape index (κ2) is 11.2. The van der Waals surface area contributed by atoms with Crippen LogP contribution in [-0.2, 0) is 21.0 Å². The second-order valence-corrected chi connectivity index (χ2v) is 10.5. The van der Waals surface area contributed by atoms with E-state index in [1.54, 1.807) is 6.07 Å². The van der Waals surface area contributed by atoms with Gasteiger partial charge in [0.2, 0.25) is 5.91 Å². The number of hydrogen-bond donors (Lipinski definition) is 1. The predicted octanol–water partition coefficient (Wildman–Crippen LogP) is 4.14. The molecule has 0 unspecified atom stereocenters. The van der Waals surface area contributed by atoms with Crippen molar-refractivity contribution in [2.45, 2.75) is 37.3 Å². The number of piperidine rings is 1. The molecule has 1 N–H and O–H groups in total. The highest BCUT2D eigenvalue weighted by Crippen LogP contribution is 2.33. The fraction of sp³-hybridized carbons (Fsp3) is 0.458. The number of sulfonamides is 1. The minimum absolute atomic E-state index is 0.112. The van der Waals surface area contributed by atoms with Gasteiger partial charge in [-0.3, -0.25) is 9.10 Å². The minimum atomic E-state index is -4.65. The first kappa shape index (κ1) is 26.0. The van der Waals surface area contributed by atoms with Crippen LogP contribution < -0.4 is 9.62 Å². The van der Waals surface area contributed by atoms with Crippen molar-refractivity contribution in [3.63, 3.8) is 0 Å². The van der Waals surface area contributed by atoms with Gasteiger partial charge in [0, 0.05) is 6.54 Å². The molecule has 1 heterocycles. The molecule has 2 aromatic rings. The van der Waals surface area contributed by atoms with Crippen LogP contribution in [0.4, 0.5) is 18.9 Å². The SMILES string of the molecule is CC1CCN(CCCNC(=O)CN(c2cccc(C(F)(F)F)c2)S(=O)(=O)c2ccccc2)CC1. The molecule has 3 rings (SSSR count). The van der Waals surface area contributed by atoms with Gasteiger partial charge in [-0.25, -0.2) is 8.42 Å². The maximum atomic E-state index is 13.3. The molecule has 0 aliphatic carbocycles. The average molecular weight is 498 g/mol. The Balaban J connectivity index is 1.71. The van der Waals surface area contributed by atoms with Crippen LogP contribution in [0.1, 0.15) is 31.7 Å². The smallest absolute Gasteiger partial charge is 0.354 e. The normalized spacial score (nSPS) is 15.8. The third-order valence-electron chi connectivity index (χ3n) is 5.93. The first-order valence-electron chi connectivity index (χ1n) is 11.3. The fourth-order valence-electron chi connectivity index (χ4n) is 3.87. The molecule has 1 aliphatic rings. The molecule has 1 saturated heterocycles. The van der Waals surface area contributed by atoms with Gasteiger partial charge in [0.15, 0.2) is 0 Å². The highest BCUT2D eigenvalue weighted by molar-refractivity contribution is 7.92. The number of carbonyl (C=O) groups is 1. The van der Waals surface area contributed by atoms with Gasteiger partial charge in [-0.1, -0.05) is 31.2 Å². The number of hydrogen-bond acceptors (Lipinski definition) is 4.